The molecule has 0 saturated carbocycles. The molecule has 0 bridgehead atoms. The smallest absolute Gasteiger partial charge is 0.226 e. The average Bonchev–Trinajstić information content (AvgIpc) is 2.88. The van der Waals surface area contributed by atoms with E-state index in [1.807, 2.05) is 0 Å². The first-order valence-corrected chi connectivity index (χ1v) is 5.83. The zero-order chi connectivity index (χ0) is 10.7. The normalized spacial score (nSPS) is 35.7. The molecule has 2 heterocycles. The largest absolute Gasteiger partial charge is 0.381 e. The Morgan fingerprint density at radius 3 is 2.87 bits per heavy atom. The average molecular weight is 234 g/mol. The zero-order valence-electron chi connectivity index (χ0n) is 8.63. The molecule has 2 rings (SSSR count). The van der Waals surface area contributed by atoms with Crippen LogP contribution in [0.15, 0.2) is 0 Å². The fourth-order valence-corrected chi connectivity index (χ4v) is 2.23. The predicted molar refractivity (Wildman–Crippen MR) is 56.0 cm³/mol. The summed E-state index contributed by atoms with van der Waals surface area (Å²) in [5, 5.41) is 3.01. The highest BCUT2D eigenvalue weighted by Crippen LogP contribution is 2.22. The third-order valence-electron chi connectivity index (χ3n) is 3.05. The zero-order valence-corrected chi connectivity index (χ0v) is 9.39. The summed E-state index contributed by atoms with van der Waals surface area (Å²) in [7, 11) is 0. The summed E-state index contributed by atoms with van der Waals surface area (Å²) in [6.07, 6.45) is 1.61. The van der Waals surface area contributed by atoms with Crippen LogP contribution in [-0.4, -0.2) is 43.8 Å². The van der Waals surface area contributed by atoms with E-state index in [2.05, 4.69) is 5.32 Å². The lowest BCUT2D eigenvalue weighted by atomic mass is 9.99. The van der Waals surface area contributed by atoms with Crippen LogP contribution in [0.3, 0.4) is 0 Å². The second-order valence-corrected chi connectivity index (χ2v) is 4.53. The first kappa shape index (κ1) is 11.2. The molecule has 2 unspecified atom stereocenters. The van der Waals surface area contributed by atoms with Gasteiger partial charge >= 0.3 is 0 Å². The van der Waals surface area contributed by atoms with Gasteiger partial charge in [0.05, 0.1) is 24.7 Å². The van der Waals surface area contributed by atoms with Crippen LogP contribution in [0.2, 0.25) is 0 Å². The van der Waals surface area contributed by atoms with Crippen molar-refractivity contribution in [3.05, 3.63) is 0 Å². The number of amides is 1. The maximum Gasteiger partial charge on any atom is 0.226 e. The van der Waals surface area contributed by atoms with E-state index in [1.165, 1.54) is 0 Å². The van der Waals surface area contributed by atoms with Gasteiger partial charge in [-0.25, -0.2) is 0 Å². The Morgan fingerprint density at radius 1 is 1.47 bits per heavy atom. The first-order valence-electron chi connectivity index (χ1n) is 5.29. The molecule has 0 aromatic heterocycles. The lowest BCUT2D eigenvalue weighted by Crippen LogP contribution is -2.52. The number of rotatable bonds is 3. The quantitative estimate of drug-likeness (QED) is 0.724. The standard InChI is InChI=1S/C10H16ClNO3/c11-6-10(2-4-15-7-10)12-9(13)8-1-3-14-5-8/h8H,1-7H2,(H,12,13). The van der Waals surface area contributed by atoms with Crippen molar-refractivity contribution in [1.82, 2.24) is 5.32 Å². The van der Waals surface area contributed by atoms with E-state index < -0.39 is 0 Å². The van der Waals surface area contributed by atoms with Crippen LogP contribution < -0.4 is 5.32 Å². The Morgan fingerprint density at radius 2 is 2.33 bits per heavy atom. The molecular formula is C10H16ClNO3. The molecule has 15 heavy (non-hydrogen) atoms. The summed E-state index contributed by atoms with van der Waals surface area (Å²) in [6.45, 7) is 2.41. The van der Waals surface area contributed by atoms with Gasteiger partial charge in [-0.15, -0.1) is 11.6 Å². The molecule has 2 atom stereocenters. The third-order valence-corrected chi connectivity index (χ3v) is 3.56. The number of carbonyl (C=O) groups is 1. The van der Waals surface area contributed by atoms with Crippen LogP contribution in [-0.2, 0) is 14.3 Å². The van der Waals surface area contributed by atoms with Crippen LogP contribution in [0.5, 0.6) is 0 Å². The highest BCUT2D eigenvalue weighted by molar-refractivity contribution is 6.18. The van der Waals surface area contributed by atoms with Crippen molar-refractivity contribution in [1.29, 1.82) is 0 Å². The van der Waals surface area contributed by atoms with Gasteiger partial charge in [0.1, 0.15) is 0 Å². The van der Waals surface area contributed by atoms with E-state index in [0.717, 1.165) is 12.8 Å². The van der Waals surface area contributed by atoms with Crippen molar-refractivity contribution in [2.75, 3.05) is 32.3 Å². The van der Waals surface area contributed by atoms with Gasteiger partial charge in [0.15, 0.2) is 0 Å². The minimum absolute atomic E-state index is 0.00862. The molecule has 0 aliphatic carbocycles. The van der Waals surface area contributed by atoms with Crippen molar-refractivity contribution in [3.63, 3.8) is 0 Å². The van der Waals surface area contributed by atoms with E-state index in [9.17, 15) is 4.79 Å². The lowest BCUT2D eigenvalue weighted by molar-refractivity contribution is -0.126. The van der Waals surface area contributed by atoms with Crippen LogP contribution >= 0.6 is 11.6 Å². The molecule has 0 aromatic rings. The highest BCUT2D eigenvalue weighted by Gasteiger charge is 2.37. The number of ether oxygens (including phenoxy) is 2. The number of hydrogen-bond acceptors (Lipinski definition) is 3. The second-order valence-electron chi connectivity index (χ2n) is 4.27. The first-order chi connectivity index (χ1) is 7.26. The molecule has 2 aliphatic heterocycles. The molecule has 0 spiro atoms. The van der Waals surface area contributed by atoms with E-state index in [0.29, 0.717) is 32.3 Å². The van der Waals surface area contributed by atoms with Crippen molar-refractivity contribution < 1.29 is 14.3 Å². The molecule has 2 saturated heterocycles. The Bertz CT molecular complexity index is 235. The van der Waals surface area contributed by atoms with Gasteiger partial charge in [-0.05, 0) is 12.8 Å². The summed E-state index contributed by atoms with van der Waals surface area (Å²) < 4.78 is 10.5. The maximum atomic E-state index is 11.9. The fraction of sp³-hybridized carbons (Fsp3) is 0.900. The van der Waals surface area contributed by atoms with Crippen LogP contribution in [0.25, 0.3) is 0 Å². The molecule has 86 valence electrons. The van der Waals surface area contributed by atoms with E-state index in [-0.39, 0.29) is 17.4 Å². The number of carbonyl (C=O) groups excluding carboxylic acids is 1. The summed E-state index contributed by atoms with van der Waals surface area (Å²) in [5.41, 5.74) is -0.346. The number of hydrogen-bond donors (Lipinski definition) is 1. The Labute approximate surface area is 94.3 Å². The fourth-order valence-electron chi connectivity index (χ4n) is 1.95. The van der Waals surface area contributed by atoms with Crippen molar-refractivity contribution in [2.45, 2.75) is 18.4 Å². The molecule has 0 radical (unpaired) electrons. The summed E-state index contributed by atoms with van der Waals surface area (Å²) in [5.74, 6) is 0.455. The molecule has 4 nitrogen and oxygen atoms in total. The molecule has 0 aromatic carbocycles. The summed E-state index contributed by atoms with van der Waals surface area (Å²) in [6, 6.07) is 0. The van der Waals surface area contributed by atoms with Crippen molar-refractivity contribution >= 4 is 17.5 Å². The minimum Gasteiger partial charge on any atom is -0.381 e. The van der Waals surface area contributed by atoms with Gasteiger partial charge in [-0.1, -0.05) is 0 Å². The van der Waals surface area contributed by atoms with E-state index >= 15 is 0 Å². The highest BCUT2D eigenvalue weighted by atomic mass is 35.5. The van der Waals surface area contributed by atoms with Crippen LogP contribution in [0.1, 0.15) is 12.8 Å². The van der Waals surface area contributed by atoms with Gasteiger partial charge in [0, 0.05) is 19.1 Å². The molecule has 1 amide bonds. The van der Waals surface area contributed by atoms with Gasteiger partial charge in [0.25, 0.3) is 0 Å². The lowest BCUT2D eigenvalue weighted by Gasteiger charge is -2.27. The van der Waals surface area contributed by atoms with Gasteiger partial charge in [-0.3, -0.25) is 4.79 Å². The second kappa shape index (κ2) is 4.68. The Balaban J connectivity index is 1.91. The predicted octanol–water partition coefficient (Wildman–Crippen LogP) is 0.537. The monoisotopic (exact) mass is 233 g/mol. The van der Waals surface area contributed by atoms with E-state index in [1.54, 1.807) is 0 Å². The van der Waals surface area contributed by atoms with Crippen molar-refractivity contribution in [3.8, 4) is 0 Å². The third kappa shape index (κ3) is 2.44. The Kier molecular flexibility index (Phi) is 3.49. The summed E-state index contributed by atoms with van der Waals surface area (Å²) >= 11 is 5.89. The SMILES string of the molecule is O=C(NC1(CCl)CCOC1)C1CCOC1. The van der Waals surface area contributed by atoms with Gasteiger partial charge < -0.3 is 14.8 Å². The minimum atomic E-state index is -0.346. The number of halogens is 1. The van der Waals surface area contributed by atoms with Crippen LogP contribution in [0.4, 0.5) is 0 Å². The Hall–Kier alpha value is -0.320. The number of nitrogens with one attached hydrogen (secondary N) is 1. The molecular weight excluding hydrogens is 218 g/mol. The summed E-state index contributed by atoms with van der Waals surface area (Å²) in [4.78, 5) is 11.9. The molecule has 2 fully saturated rings. The van der Waals surface area contributed by atoms with E-state index in [4.69, 9.17) is 21.1 Å². The maximum absolute atomic E-state index is 11.9. The van der Waals surface area contributed by atoms with Crippen molar-refractivity contribution in [2.24, 2.45) is 5.92 Å². The molecule has 1 N–H and O–H groups in total. The van der Waals surface area contributed by atoms with Crippen LogP contribution in [0, 0.1) is 5.92 Å². The molecule has 5 heteroatoms. The van der Waals surface area contributed by atoms with Gasteiger partial charge in [-0.2, -0.15) is 0 Å². The van der Waals surface area contributed by atoms with Gasteiger partial charge in [0.2, 0.25) is 5.91 Å². The molecule has 2 aliphatic rings. The number of alkyl halides is 1. The topological polar surface area (TPSA) is 47.6 Å².